The Hall–Kier alpha value is -0.580. The molecule has 0 atom stereocenters. The van der Waals surface area contributed by atoms with Gasteiger partial charge < -0.3 is 4.90 Å². The molecule has 2 nitrogen and oxygen atoms in total. The fourth-order valence-corrected chi connectivity index (χ4v) is 4.94. The highest BCUT2D eigenvalue weighted by Crippen LogP contribution is 2.34. The van der Waals surface area contributed by atoms with Crippen LogP contribution < -0.4 is 0 Å². The average molecular weight is 300 g/mol. The Kier molecular flexibility index (Phi) is 3.34. The van der Waals surface area contributed by atoms with Crippen LogP contribution in [0.15, 0.2) is 17.5 Å². The summed E-state index contributed by atoms with van der Waals surface area (Å²) in [6.45, 7) is 0.827. The number of carbonyl (C=O) groups excluding carboxylic acids is 1. The quantitative estimate of drug-likeness (QED) is 0.783. The van der Waals surface area contributed by atoms with Gasteiger partial charge in [0.25, 0.3) is 5.91 Å². The summed E-state index contributed by atoms with van der Waals surface area (Å²) in [6.07, 6.45) is 2.08. The molecule has 5 heteroatoms. The predicted octanol–water partition coefficient (Wildman–Crippen LogP) is 4.05. The first-order valence-electron chi connectivity index (χ1n) is 6.00. The largest absolute Gasteiger partial charge is 0.341 e. The minimum absolute atomic E-state index is 0.140. The van der Waals surface area contributed by atoms with E-state index < -0.39 is 0 Å². The lowest BCUT2D eigenvalue weighted by Gasteiger charge is -2.33. The van der Waals surface area contributed by atoms with Gasteiger partial charge in [-0.15, -0.1) is 34.3 Å². The van der Waals surface area contributed by atoms with Gasteiger partial charge >= 0.3 is 0 Å². The van der Waals surface area contributed by atoms with Gasteiger partial charge in [0.15, 0.2) is 0 Å². The van der Waals surface area contributed by atoms with Crippen LogP contribution in [0.4, 0.5) is 0 Å². The van der Waals surface area contributed by atoms with Crippen LogP contribution >= 0.6 is 34.3 Å². The Bertz CT molecular complexity index is 542. The molecule has 0 saturated heterocycles. The number of rotatable bonds is 3. The molecule has 0 N–H and O–H groups in total. The van der Waals surface area contributed by atoms with E-state index in [9.17, 15) is 4.79 Å². The van der Waals surface area contributed by atoms with Gasteiger partial charge in [-0.05, 0) is 36.3 Å². The average Bonchev–Trinajstić information content (AvgIpc) is 2.85. The molecule has 1 fully saturated rings. The van der Waals surface area contributed by atoms with Crippen LogP contribution in [-0.2, 0) is 0 Å². The van der Waals surface area contributed by atoms with Crippen molar-refractivity contribution in [2.45, 2.75) is 18.2 Å². The van der Waals surface area contributed by atoms with E-state index in [1.165, 1.54) is 9.40 Å². The van der Waals surface area contributed by atoms with Gasteiger partial charge in [0.2, 0.25) is 0 Å². The van der Waals surface area contributed by atoms with Crippen molar-refractivity contribution in [2.24, 2.45) is 5.92 Å². The first-order valence-corrected chi connectivity index (χ1v) is 8.13. The van der Waals surface area contributed by atoms with Crippen LogP contribution in [0.25, 0.3) is 9.40 Å². The van der Waals surface area contributed by atoms with Crippen LogP contribution in [-0.4, -0.2) is 29.8 Å². The van der Waals surface area contributed by atoms with Crippen molar-refractivity contribution in [1.82, 2.24) is 4.90 Å². The van der Waals surface area contributed by atoms with E-state index in [1.807, 2.05) is 18.0 Å². The number of nitrogens with zero attached hydrogens (tertiary/aromatic N) is 1. The molecule has 0 spiro atoms. The van der Waals surface area contributed by atoms with Crippen molar-refractivity contribution < 1.29 is 4.79 Å². The minimum atomic E-state index is 0.140. The molecule has 96 valence electrons. The first-order chi connectivity index (χ1) is 8.63. The van der Waals surface area contributed by atoms with Crippen molar-refractivity contribution in [2.75, 3.05) is 13.6 Å². The van der Waals surface area contributed by atoms with Gasteiger partial charge in [-0.1, -0.05) is 0 Å². The van der Waals surface area contributed by atoms with E-state index in [0.29, 0.717) is 11.3 Å². The lowest BCUT2D eigenvalue weighted by Crippen LogP contribution is -2.37. The van der Waals surface area contributed by atoms with Crippen molar-refractivity contribution >= 4 is 49.6 Å². The zero-order chi connectivity index (χ0) is 12.7. The Morgan fingerprint density at radius 3 is 2.94 bits per heavy atom. The van der Waals surface area contributed by atoms with Crippen LogP contribution in [0, 0.1) is 5.92 Å². The molecule has 2 aromatic rings. The Morgan fingerprint density at radius 2 is 2.28 bits per heavy atom. The van der Waals surface area contributed by atoms with Gasteiger partial charge in [0, 0.05) is 28.4 Å². The van der Waals surface area contributed by atoms with Crippen LogP contribution in [0.3, 0.4) is 0 Å². The van der Waals surface area contributed by atoms with Crippen molar-refractivity contribution in [1.29, 1.82) is 0 Å². The summed E-state index contributed by atoms with van der Waals surface area (Å²) in [4.78, 5) is 15.0. The molecule has 1 saturated carbocycles. The molecule has 1 amide bonds. The highest BCUT2D eigenvalue weighted by Gasteiger charge is 2.29. The molecule has 0 radical (unpaired) electrons. The second kappa shape index (κ2) is 4.83. The third-order valence-corrected chi connectivity index (χ3v) is 5.84. The number of amides is 1. The van der Waals surface area contributed by atoms with Crippen LogP contribution in [0.5, 0.6) is 0 Å². The maximum Gasteiger partial charge on any atom is 0.263 e. The maximum atomic E-state index is 12.3. The summed E-state index contributed by atoms with van der Waals surface area (Å²) in [7, 11) is 1.89. The second-order valence-corrected chi connectivity index (χ2v) is 7.53. The molecule has 18 heavy (non-hydrogen) atoms. The Morgan fingerprint density at radius 1 is 1.50 bits per heavy atom. The number of thiophene rings is 2. The van der Waals surface area contributed by atoms with Crippen molar-refractivity contribution in [3.8, 4) is 0 Å². The van der Waals surface area contributed by atoms with Gasteiger partial charge in [-0.2, -0.15) is 0 Å². The van der Waals surface area contributed by atoms with Crippen molar-refractivity contribution in [3.05, 3.63) is 22.4 Å². The molecular weight excluding hydrogens is 286 g/mol. The summed E-state index contributed by atoms with van der Waals surface area (Å²) in [6, 6.07) is 4.08. The molecule has 0 aromatic carbocycles. The van der Waals surface area contributed by atoms with Crippen molar-refractivity contribution in [3.63, 3.8) is 0 Å². The summed E-state index contributed by atoms with van der Waals surface area (Å²) in [5.74, 6) is 0.726. The smallest absolute Gasteiger partial charge is 0.263 e. The lowest BCUT2D eigenvalue weighted by atomic mass is 9.84. The fraction of sp³-hybridized carbons (Fsp3) is 0.462. The molecule has 0 bridgehead atoms. The van der Waals surface area contributed by atoms with E-state index in [2.05, 4.69) is 11.4 Å². The fourth-order valence-electron chi connectivity index (χ4n) is 2.33. The Balaban J connectivity index is 1.68. The molecule has 2 aromatic heterocycles. The zero-order valence-corrected chi connectivity index (χ0v) is 12.4. The van der Waals surface area contributed by atoms with E-state index in [1.54, 1.807) is 22.7 Å². The monoisotopic (exact) mass is 299 g/mol. The van der Waals surface area contributed by atoms with E-state index in [0.717, 1.165) is 24.3 Å². The lowest BCUT2D eigenvalue weighted by molar-refractivity contribution is 0.0752. The topological polar surface area (TPSA) is 20.3 Å². The van der Waals surface area contributed by atoms with Crippen LogP contribution in [0.2, 0.25) is 0 Å². The maximum absolute atomic E-state index is 12.3. The number of halogens is 1. The minimum Gasteiger partial charge on any atom is -0.341 e. The summed E-state index contributed by atoms with van der Waals surface area (Å²) in [5.41, 5.74) is 0. The molecule has 0 unspecified atom stereocenters. The summed E-state index contributed by atoms with van der Waals surface area (Å²) >= 11 is 9.24. The van der Waals surface area contributed by atoms with Gasteiger partial charge in [-0.3, -0.25) is 4.79 Å². The molecule has 1 aliphatic rings. The van der Waals surface area contributed by atoms with E-state index in [-0.39, 0.29) is 5.91 Å². The highest BCUT2D eigenvalue weighted by atomic mass is 35.5. The number of fused-ring (bicyclic) bond motifs is 1. The molecule has 1 aliphatic carbocycles. The summed E-state index contributed by atoms with van der Waals surface area (Å²) in [5, 5.41) is 2.39. The number of hydrogen-bond donors (Lipinski definition) is 0. The SMILES string of the molecule is CN(CC1CC(Cl)C1)C(=O)c1cc2sccc2s1. The normalized spacial score (nSPS) is 23.0. The standard InChI is InChI=1S/C13H14ClNOS2/c1-15(7-8-4-9(14)5-8)13(16)12-6-11-10(18-12)2-3-17-11/h2-3,6,8-9H,4-5,7H2,1H3. The highest BCUT2D eigenvalue weighted by molar-refractivity contribution is 7.27. The molecule has 2 heterocycles. The third-order valence-electron chi connectivity index (χ3n) is 3.41. The number of alkyl halides is 1. The third kappa shape index (κ3) is 2.29. The van der Waals surface area contributed by atoms with Gasteiger partial charge in [0.1, 0.15) is 0 Å². The number of carbonyl (C=O) groups is 1. The van der Waals surface area contributed by atoms with Crippen LogP contribution in [0.1, 0.15) is 22.5 Å². The molecule has 3 rings (SSSR count). The molecular formula is C13H14ClNOS2. The van der Waals surface area contributed by atoms with E-state index >= 15 is 0 Å². The Labute approximate surface area is 119 Å². The zero-order valence-electron chi connectivity index (χ0n) is 10.1. The number of hydrogen-bond acceptors (Lipinski definition) is 3. The summed E-state index contributed by atoms with van der Waals surface area (Å²) < 4.78 is 2.42. The molecule has 0 aliphatic heterocycles. The van der Waals surface area contributed by atoms with Gasteiger partial charge in [0.05, 0.1) is 4.88 Å². The first kappa shape index (κ1) is 12.5. The van der Waals surface area contributed by atoms with E-state index in [4.69, 9.17) is 11.6 Å². The van der Waals surface area contributed by atoms with Gasteiger partial charge in [-0.25, -0.2) is 0 Å². The second-order valence-electron chi connectivity index (χ2n) is 4.88. The predicted molar refractivity (Wildman–Crippen MR) is 79.0 cm³/mol.